The lowest BCUT2D eigenvalue weighted by atomic mass is 10.3. The molecular weight excluding hydrogens is 282 g/mol. The van der Waals surface area contributed by atoms with Gasteiger partial charge in [-0.05, 0) is 12.8 Å². The van der Waals surface area contributed by atoms with Crippen molar-refractivity contribution < 1.29 is 17.9 Å². The Labute approximate surface area is 120 Å². The van der Waals surface area contributed by atoms with Gasteiger partial charge in [-0.2, -0.15) is 0 Å². The molecule has 0 unspecified atom stereocenters. The van der Waals surface area contributed by atoms with Crippen molar-refractivity contribution in [2.75, 3.05) is 26.9 Å². The van der Waals surface area contributed by atoms with Gasteiger partial charge in [0.25, 0.3) is 10.0 Å². The van der Waals surface area contributed by atoms with Crippen molar-refractivity contribution in [1.82, 2.24) is 9.55 Å². The number of primary sulfonamides is 1. The van der Waals surface area contributed by atoms with Crippen molar-refractivity contribution in [3.8, 4) is 0 Å². The Morgan fingerprint density at radius 3 is 2.70 bits per heavy atom. The second kappa shape index (κ2) is 8.35. The molecule has 1 heterocycles. The third-order valence-electron chi connectivity index (χ3n) is 2.72. The van der Waals surface area contributed by atoms with E-state index in [1.54, 1.807) is 7.11 Å². The molecule has 8 heteroatoms. The number of hydrogen-bond donors (Lipinski definition) is 1. The van der Waals surface area contributed by atoms with Gasteiger partial charge in [-0.1, -0.05) is 6.92 Å². The topological polar surface area (TPSA) is 96.4 Å². The van der Waals surface area contributed by atoms with E-state index in [9.17, 15) is 8.42 Å². The Bertz CT molecular complexity index is 499. The maximum Gasteiger partial charge on any atom is 0.257 e. The maximum atomic E-state index is 11.3. The Morgan fingerprint density at radius 2 is 2.10 bits per heavy atom. The third-order valence-corrected chi connectivity index (χ3v) is 3.50. The fourth-order valence-electron chi connectivity index (χ4n) is 1.76. The highest BCUT2D eigenvalue weighted by atomic mass is 32.2. The van der Waals surface area contributed by atoms with Crippen molar-refractivity contribution in [1.29, 1.82) is 0 Å². The van der Waals surface area contributed by atoms with E-state index in [4.69, 9.17) is 14.6 Å². The third kappa shape index (κ3) is 5.58. The summed E-state index contributed by atoms with van der Waals surface area (Å²) in [7, 11) is -2.12. The molecule has 0 radical (unpaired) electrons. The predicted octanol–water partition coefficient (Wildman–Crippen LogP) is 0.536. The molecule has 0 saturated heterocycles. The van der Waals surface area contributed by atoms with E-state index >= 15 is 0 Å². The van der Waals surface area contributed by atoms with Gasteiger partial charge in [0.2, 0.25) is 0 Å². The normalized spacial score (nSPS) is 11.9. The van der Waals surface area contributed by atoms with Crippen LogP contribution in [0.2, 0.25) is 0 Å². The standard InChI is InChI=1S/C12H23N3O4S/c1-3-5-11-14-12(20(13,16)17)10-15(11)6-4-7-19-9-8-18-2/h10H,3-9H2,1-2H3,(H2,13,16,17). The first kappa shape index (κ1) is 17.1. The molecule has 7 nitrogen and oxygen atoms in total. The first-order valence-electron chi connectivity index (χ1n) is 6.64. The van der Waals surface area contributed by atoms with Crippen molar-refractivity contribution in [2.24, 2.45) is 5.14 Å². The van der Waals surface area contributed by atoms with E-state index in [0.717, 1.165) is 25.1 Å². The minimum Gasteiger partial charge on any atom is -0.382 e. The van der Waals surface area contributed by atoms with Crippen LogP contribution in [0.5, 0.6) is 0 Å². The molecule has 2 N–H and O–H groups in total. The highest BCUT2D eigenvalue weighted by molar-refractivity contribution is 7.89. The summed E-state index contributed by atoms with van der Waals surface area (Å²) >= 11 is 0. The summed E-state index contributed by atoms with van der Waals surface area (Å²) in [6.45, 7) is 4.40. The van der Waals surface area contributed by atoms with Gasteiger partial charge in [0, 0.05) is 32.9 Å². The highest BCUT2D eigenvalue weighted by Crippen LogP contribution is 2.10. The molecule has 0 amide bonds. The van der Waals surface area contributed by atoms with Crippen molar-refractivity contribution in [3.05, 3.63) is 12.0 Å². The average Bonchev–Trinajstić information content (AvgIpc) is 2.77. The molecule has 1 rings (SSSR count). The summed E-state index contributed by atoms with van der Waals surface area (Å²) < 4.78 is 34.7. The van der Waals surface area contributed by atoms with Gasteiger partial charge >= 0.3 is 0 Å². The minimum absolute atomic E-state index is 0.0683. The fraction of sp³-hybridized carbons (Fsp3) is 0.750. The molecule has 1 aromatic rings. The van der Waals surface area contributed by atoms with Gasteiger partial charge in [-0.15, -0.1) is 0 Å². The van der Waals surface area contributed by atoms with Crippen LogP contribution >= 0.6 is 0 Å². The molecule has 0 aliphatic rings. The molecule has 0 aromatic carbocycles. The number of ether oxygens (including phenoxy) is 2. The largest absolute Gasteiger partial charge is 0.382 e. The van der Waals surface area contributed by atoms with Gasteiger partial charge in [0.1, 0.15) is 5.82 Å². The van der Waals surface area contributed by atoms with Crippen LogP contribution in [0.1, 0.15) is 25.6 Å². The number of imidazole rings is 1. The molecule has 0 fully saturated rings. The second-order valence-corrected chi connectivity index (χ2v) is 5.95. The Balaban J connectivity index is 2.57. The number of hydrogen-bond acceptors (Lipinski definition) is 5. The van der Waals surface area contributed by atoms with Crippen molar-refractivity contribution in [3.63, 3.8) is 0 Å². The molecule has 0 saturated carbocycles. The van der Waals surface area contributed by atoms with Crippen LogP contribution in [0.25, 0.3) is 0 Å². The zero-order chi connectivity index (χ0) is 15.0. The first-order chi connectivity index (χ1) is 9.49. The SMILES string of the molecule is CCCc1nc(S(N)(=O)=O)cn1CCCOCCOC. The van der Waals surface area contributed by atoms with E-state index in [-0.39, 0.29) is 5.03 Å². The van der Waals surface area contributed by atoms with E-state index in [1.165, 1.54) is 6.20 Å². The molecule has 0 aliphatic carbocycles. The lowest BCUT2D eigenvalue weighted by molar-refractivity contribution is 0.0679. The fourth-order valence-corrected chi connectivity index (χ4v) is 2.27. The molecule has 0 bridgehead atoms. The predicted molar refractivity (Wildman–Crippen MR) is 74.9 cm³/mol. The monoisotopic (exact) mass is 305 g/mol. The molecule has 116 valence electrons. The molecule has 0 spiro atoms. The van der Waals surface area contributed by atoms with Crippen LogP contribution in [0.4, 0.5) is 0 Å². The van der Waals surface area contributed by atoms with Gasteiger partial charge in [-0.3, -0.25) is 0 Å². The summed E-state index contributed by atoms with van der Waals surface area (Å²) in [5, 5.41) is 5.03. The summed E-state index contributed by atoms with van der Waals surface area (Å²) in [5.74, 6) is 0.744. The van der Waals surface area contributed by atoms with Crippen LogP contribution in [0.15, 0.2) is 11.2 Å². The van der Waals surface area contributed by atoms with Crippen molar-refractivity contribution in [2.45, 2.75) is 37.8 Å². The smallest absolute Gasteiger partial charge is 0.257 e. The van der Waals surface area contributed by atoms with Crippen molar-refractivity contribution >= 4 is 10.0 Å². The van der Waals surface area contributed by atoms with Gasteiger partial charge < -0.3 is 14.0 Å². The summed E-state index contributed by atoms with van der Waals surface area (Å²) in [6.07, 6.45) is 3.89. The lowest BCUT2D eigenvalue weighted by Gasteiger charge is -2.07. The number of aryl methyl sites for hydroxylation is 2. The number of sulfonamides is 1. The van der Waals surface area contributed by atoms with E-state index in [0.29, 0.717) is 26.4 Å². The number of nitrogens with zero attached hydrogens (tertiary/aromatic N) is 2. The van der Waals surface area contributed by atoms with Crippen LogP contribution < -0.4 is 5.14 Å². The first-order valence-corrected chi connectivity index (χ1v) is 8.19. The quantitative estimate of drug-likeness (QED) is 0.636. The Morgan fingerprint density at radius 1 is 1.35 bits per heavy atom. The van der Waals surface area contributed by atoms with Crippen LogP contribution in [-0.2, 0) is 32.5 Å². The van der Waals surface area contributed by atoms with E-state index in [1.807, 2.05) is 11.5 Å². The van der Waals surface area contributed by atoms with Crippen LogP contribution in [-0.4, -0.2) is 44.9 Å². The zero-order valence-electron chi connectivity index (χ0n) is 12.0. The van der Waals surface area contributed by atoms with Crippen LogP contribution in [0, 0.1) is 0 Å². The number of aromatic nitrogens is 2. The molecular formula is C12H23N3O4S. The second-order valence-electron chi connectivity index (χ2n) is 4.44. The lowest BCUT2D eigenvalue weighted by Crippen LogP contribution is -2.12. The zero-order valence-corrected chi connectivity index (χ0v) is 12.9. The van der Waals surface area contributed by atoms with Crippen LogP contribution in [0.3, 0.4) is 0 Å². The number of rotatable bonds is 10. The van der Waals surface area contributed by atoms with E-state index in [2.05, 4.69) is 4.98 Å². The van der Waals surface area contributed by atoms with Gasteiger partial charge in [0.15, 0.2) is 5.03 Å². The Hall–Kier alpha value is -0.960. The summed E-state index contributed by atoms with van der Waals surface area (Å²) in [4.78, 5) is 4.09. The Kier molecular flexibility index (Phi) is 7.14. The highest BCUT2D eigenvalue weighted by Gasteiger charge is 2.15. The maximum absolute atomic E-state index is 11.3. The van der Waals surface area contributed by atoms with Gasteiger partial charge in [0.05, 0.1) is 13.2 Å². The molecule has 20 heavy (non-hydrogen) atoms. The average molecular weight is 305 g/mol. The molecule has 0 aliphatic heterocycles. The number of methoxy groups -OCH3 is 1. The minimum atomic E-state index is -3.75. The number of nitrogens with two attached hydrogens (primary N) is 1. The van der Waals surface area contributed by atoms with E-state index < -0.39 is 10.0 Å². The summed E-state index contributed by atoms with van der Waals surface area (Å²) in [5.41, 5.74) is 0. The van der Waals surface area contributed by atoms with Gasteiger partial charge in [-0.25, -0.2) is 18.5 Å². The molecule has 0 atom stereocenters. The summed E-state index contributed by atoms with van der Waals surface area (Å²) in [6, 6.07) is 0. The molecule has 1 aromatic heterocycles.